The van der Waals surface area contributed by atoms with Gasteiger partial charge in [-0.3, -0.25) is 0 Å². The van der Waals surface area contributed by atoms with Crippen LogP contribution < -0.4 is 20.9 Å². The predicted molar refractivity (Wildman–Crippen MR) is 123 cm³/mol. The fourth-order valence-electron chi connectivity index (χ4n) is 3.53. The van der Waals surface area contributed by atoms with Crippen molar-refractivity contribution in [3.8, 4) is 15.8 Å². The fraction of sp³-hybridized carbons (Fsp3) is 0.105. The van der Waals surface area contributed by atoms with E-state index in [4.69, 9.17) is 4.99 Å². The molecule has 0 saturated carbocycles. The molecule has 3 aromatic rings. The molecule has 0 bridgehead atoms. The third-order valence-electron chi connectivity index (χ3n) is 4.77. The Balaban J connectivity index is 2.15. The van der Waals surface area contributed by atoms with Crippen molar-refractivity contribution in [3.05, 3.63) is 53.2 Å². The summed E-state index contributed by atoms with van der Waals surface area (Å²) in [5.74, 6) is 0.299. The van der Waals surface area contributed by atoms with Gasteiger partial charge in [0.2, 0.25) is 0 Å². The van der Waals surface area contributed by atoms with Crippen molar-refractivity contribution < 1.29 is 5.11 Å². The van der Waals surface area contributed by atoms with Gasteiger partial charge in [0, 0.05) is 0 Å². The molecule has 0 amide bonds. The van der Waals surface area contributed by atoms with Crippen LogP contribution in [0.25, 0.3) is 16.6 Å². The Labute approximate surface area is 183 Å². The summed E-state index contributed by atoms with van der Waals surface area (Å²) in [4.78, 5) is 4.91. The number of fused-ring (bicyclic) bond motifs is 2. The Hall–Kier alpha value is -0.434. The number of hydrogen-bond donors (Lipinski definition) is 1. The van der Waals surface area contributed by atoms with Crippen molar-refractivity contribution in [3.63, 3.8) is 0 Å². The molecule has 2 aromatic carbocycles. The molecule has 7 heteroatoms. The number of hydrogen-bond acceptors (Lipinski definition) is 2. The van der Waals surface area contributed by atoms with Gasteiger partial charge in [0.25, 0.3) is 0 Å². The molecule has 0 aliphatic carbocycles. The van der Waals surface area contributed by atoms with Crippen LogP contribution in [0, 0.1) is 0 Å². The Kier molecular flexibility index (Phi) is 4.78. The van der Waals surface area contributed by atoms with Crippen molar-refractivity contribution in [1.29, 1.82) is 0 Å². The molecule has 2 nitrogen and oxygen atoms in total. The van der Waals surface area contributed by atoms with E-state index in [1.807, 2.05) is 12.1 Å². The van der Waals surface area contributed by atoms with Gasteiger partial charge >= 0.3 is 185 Å². The average Bonchev–Trinajstić information content (AvgIpc) is 2.84. The van der Waals surface area contributed by atoms with Crippen molar-refractivity contribution in [2.75, 3.05) is 0 Å². The number of aromatic hydroxyl groups is 1. The number of benzene rings is 2. The van der Waals surface area contributed by atoms with Gasteiger partial charge in [-0.15, -0.1) is 0 Å². The number of halogens is 3. The van der Waals surface area contributed by atoms with Crippen LogP contribution in [0.5, 0.6) is 5.75 Å². The molecule has 1 aromatic heterocycles. The normalized spacial score (nSPS) is 14.5. The molecule has 2 heterocycles. The monoisotopic (exact) mass is 617 g/mol. The van der Waals surface area contributed by atoms with E-state index in [0.29, 0.717) is 5.75 Å². The van der Waals surface area contributed by atoms with Crippen LogP contribution in [0.4, 0.5) is 5.69 Å². The van der Waals surface area contributed by atoms with Gasteiger partial charge in [0.15, 0.2) is 0 Å². The molecule has 0 unspecified atom stereocenters. The molecule has 0 spiro atoms. The van der Waals surface area contributed by atoms with Crippen molar-refractivity contribution in [2.24, 2.45) is 4.99 Å². The van der Waals surface area contributed by atoms with Crippen LogP contribution in [0.1, 0.15) is 0 Å². The van der Waals surface area contributed by atoms with E-state index in [-0.39, 0.29) is 14.5 Å². The van der Waals surface area contributed by atoms with Crippen LogP contribution in [-0.2, 0) is 0 Å². The summed E-state index contributed by atoms with van der Waals surface area (Å²) in [5, 5.41) is 14.6. The topological polar surface area (TPSA) is 32.6 Å². The van der Waals surface area contributed by atoms with Gasteiger partial charge in [0.05, 0.1) is 0 Å². The molecular formula is C19H14Br3NOSeSi. The summed E-state index contributed by atoms with van der Waals surface area (Å²) < 4.78 is 4.65. The minimum absolute atomic E-state index is 0.169. The maximum atomic E-state index is 10.1. The predicted octanol–water partition coefficient (Wildman–Crippen LogP) is 3.90. The second-order valence-corrected chi connectivity index (χ2v) is 16.8. The Morgan fingerprint density at radius 3 is 2.46 bits per heavy atom. The van der Waals surface area contributed by atoms with Gasteiger partial charge in [-0.05, 0) is 0 Å². The first-order chi connectivity index (χ1) is 12.2. The second-order valence-electron chi connectivity index (χ2n) is 6.76. The number of nitrogens with zero attached hydrogens (tertiary/aromatic N) is 1. The molecule has 26 heavy (non-hydrogen) atoms. The number of phenolic OH excluding ortho intramolecular Hbond substituents is 1. The molecule has 4 rings (SSSR count). The number of phenols is 1. The maximum absolute atomic E-state index is 10.1. The SMILES string of the molecule is C=c1ccc2c(c1-c1[se]c(Br)c(Br)c1Br)[Si](C)(C)c1cc(O)ccc1N=2. The van der Waals surface area contributed by atoms with Crippen LogP contribution in [-0.4, -0.2) is 27.7 Å². The number of rotatable bonds is 1. The van der Waals surface area contributed by atoms with Gasteiger partial charge in [0.1, 0.15) is 0 Å². The van der Waals surface area contributed by atoms with Crippen LogP contribution in [0.15, 0.2) is 47.6 Å². The van der Waals surface area contributed by atoms with Crippen LogP contribution in [0.2, 0.25) is 13.1 Å². The quantitative estimate of drug-likeness (QED) is 0.413. The summed E-state index contributed by atoms with van der Waals surface area (Å²) in [7, 11) is -2.07. The fourth-order valence-corrected chi connectivity index (χ4v) is 12.2. The van der Waals surface area contributed by atoms with E-state index in [0.717, 1.165) is 25.2 Å². The summed E-state index contributed by atoms with van der Waals surface area (Å²) in [6.45, 7) is 8.99. The first-order valence-electron chi connectivity index (χ1n) is 7.90. The van der Waals surface area contributed by atoms with Gasteiger partial charge in [-0.2, -0.15) is 0 Å². The zero-order chi connectivity index (χ0) is 18.8. The second kappa shape index (κ2) is 6.57. The summed E-state index contributed by atoms with van der Waals surface area (Å²) in [6, 6.07) is 9.67. The Morgan fingerprint density at radius 1 is 1.08 bits per heavy atom. The van der Waals surface area contributed by atoms with Gasteiger partial charge < -0.3 is 0 Å². The zero-order valence-electron chi connectivity index (χ0n) is 14.0. The standard InChI is InChI=1S/C19H14Br3NOSeSi/c1-9-4-6-12-18(14(9)17-15(20)16(21)19(22)25-17)26(2,3)13-8-10(24)5-7-11(13)23-12/h4-8,24H,1H2,2-3H3. The van der Waals surface area contributed by atoms with E-state index in [2.05, 4.69) is 79.6 Å². The summed E-state index contributed by atoms with van der Waals surface area (Å²) in [6.07, 6.45) is 0. The summed E-state index contributed by atoms with van der Waals surface area (Å²) in [5.41, 5.74) is 2.19. The summed E-state index contributed by atoms with van der Waals surface area (Å²) >= 11 is 11.3. The molecule has 1 N–H and O–H groups in total. The van der Waals surface area contributed by atoms with Crippen LogP contribution >= 0.6 is 47.8 Å². The zero-order valence-corrected chi connectivity index (χ0v) is 21.5. The first-order valence-corrected chi connectivity index (χ1v) is 15.0. The molecule has 1 aliphatic rings. The molecule has 0 radical (unpaired) electrons. The third-order valence-corrected chi connectivity index (χ3v) is 15.4. The van der Waals surface area contributed by atoms with Gasteiger partial charge in [-0.1, -0.05) is 0 Å². The molecule has 0 fully saturated rings. The van der Waals surface area contributed by atoms with Crippen molar-refractivity contribution in [1.82, 2.24) is 0 Å². The van der Waals surface area contributed by atoms with Crippen LogP contribution in [0.3, 0.4) is 0 Å². The minimum atomic E-state index is -2.07. The molecule has 0 saturated heterocycles. The molecule has 0 atom stereocenters. The average molecular weight is 619 g/mol. The van der Waals surface area contributed by atoms with E-state index in [9.17, 15) is 5.11 Å². The molecule has 132 valence electrons. The third kappa shape index (κ3) is 2.79. The Morgan fingerprint density at radius 2 is 1.81 bits per heavy atom. The molecule has 1 aliphatic heterocycles. The van der Waals surface area contributed by atoms with Crippen molar-refractivity contribution in [2.45, 2.75) is 13.1 Å². The molecular weight excluding hydrogens is 605 g/mol. The Bertz CT molecular complexity index is 1190. The van der Waals surface area contributed by atoms with Gasteiger partial charge in [-0.25, -0.2) is 0 Å². The van der Waals surface area contributed by atoms with E-state index >= 15 is 0 Å². The van der Waals surface area contributed by atoms with E-state index in [1.165, 1.54) is 23.7 Å². The van der Waals surface area contributed by atoms with E-state index < -0.39 is 8.07 Å². The first kappa shape index (κ1) is 18.9. The van der Waals surface area contributed by atoms with Crippen molar-refractivity contribution >= 4 is 93.0 Å². The van der Waals surface area contributed by atoms with E-state index in [1.54, 1.807) is 6.07 Å².